The Balaban J connectivity index is 0.0000269. The number of nitrogens with zero attached hydrogens (tertiary/aromatic N) is 3. The molecule has 0 aliphatic carbocycles. The molecule has 2 aromatic carbocycles. The van der Waals surface area contributed by atoms with Crippen molar-refractivity contribution in [3.05, 3.63) is 107 Å². The van der Waals surface area contributed by atoms with Gasteiger partial charge < -0.3 is 70.0 Å². The van der Waals surface area contributed by atoms with E-state index in [2.05, 4.69) is 84.8 Å². The number of aromatic amines is 1. The first-order valence-electron chi connectivity index (χ1n) is 39.0. The number of guanidine groups is 2. The third-order valence-corrected chi connectivity index (χ3v) is 19.6. The van der Waals surface area contributed by atoms with E-state index in [1.807, 2.05) is 0 Å². The standard InChI is InChI=1S/C78H116N20O14.CH4/c1-48(82)70(105)94-61(21-5-8-28-79)66(101)40-52(18-12-34-91-78(85)86)73(108)97-64(43-56-19-13-31-88-56)69(104)42-55(37-58-45-87-47-93-58)71(106)92-46-60(100)38-53(36-50-24-26-59(99)27-25-50)74(109)96-62(22-6-9-29-80)67(102)39-51(17-11-33-90-77(83)84)72(107)95-63(23-7-10-30-81)68(103)41-54(35-49-15-3-2-4-16-49)75(110)98-65(76(111)112)44-57-20-14-32-89-57;/h2-4,15-16,19-20,24-27,31-32,45,47-48,51-55,61-65,99H,5-14,17-18,21-23,28-30,33-44,46,79-82H2,1H3,(H,87,93)(H,92,106)(H,94,105)(H,95,107)(H,96,109)(H,97,108)(H,98,110)(H,111,112)(H4,83,84,90)(H4,85,86,91);1H4/p+6. The minimum atomic E-state index is -1.35. The fourth-order valence-corrected chi connectivity index (χ4v) is 13.2. The number of carbonyl (C=O) groups is 12. The summed E-state index contributed by atoms with van der Waals surface area (Å²) in [6.07, 6.45) is 12.8. The number of carbonyl (C=O) groups excluding carboxylic acids is 11. The van der Waals surface area contributed by atoms with E-state index in [9.17, 15) is 63.0 Å². The lowest BCUT2D eigenvalue weighted by molar-refractivity contribution is -0.460. The first-order chi connectivity index (χ1) is 53.7. The number of phenolic OH excluding ortho intramolecular Hbond substituents is 1. The normalized spacial score (nSPS) is 15.1. The molecule has 3 aromatic rings. The average Bonchev–Trinajstić information content (AvgIpc) is 1.68. The molecule has 0 radical (unpaired) electrons. The van der Waals surface area contributed by atoms with Crippen molar-refractivity contribution in [1.29, 1.82) is 0 Å². The van der Waals surface area contributed by atoms with Gasteiger partial charge in [-0.2, -0.15) is 0 Å². The third-order valence-electron chi connectivity index (χ3n) is 19.6. The zero-order chi connectivity index (χ0) is 81.9. The maximum Gasteiger partial charge on any atom is 0.338 e. The van der Waals surface area contributed by atoms with E-state index >= 15 is 4.79 Å². The van der Waals surface area contributed by atoms with E-state index in [0.29, 0.717) is 112 Å². The number of H-pyrrole nitrogens is 1. The van der Waals surface area contributed by atoms with Crippen molar-refractivity contribution in [2.45, 2.75) is 211 Å². The Morgan fingerprint density at radius 1 is 0.487 bits per heavy atom. The molecule has 6 amide bonds. The summed E-state index contributed by atoms with van der Waals surface area (Å²) >= 11 is 0. The quantitative estimate of drug-likeness (QED) is 0.0143. The second-order valence-corrected chi connectivity index (χ2v) is 29.0. The van der Waals surface area contributed by atoms with Crippen molar-refractivity contribution >= 4 is 94.7 Å². The number of quaternary nitrogens is 4. The van der Waals surface area contributed by atoms with Gasteiger partial charge in [0.2, 0.25) is 29.5 Å². The van der Waals surface area contributed by atoms with Crippen LogP contribution in [-0.4, -0.2) is 190 Å². The number of imidazole rings is 1. The number of aromatic nitrogens is 2. The van der Waals surface area contributed by atoms with Gasteiger partial charge in [0.05, 0.1) is 75.7 Å². The maximum atomic E-state index is 15.0. The number of aliphatic carboxylic acids is 1. The summed E-state index contributed by atoms with van der Waals surface area (Å²) in [5.74, 6) is -13.6. The summed E-state index contributed by atoms with van der Waals surface area (Å²) in [5.41, 5.74) is 41.0. The second-order valence-electron chi connectivity index (χ2n) is 29.0. The second kappa shape index (κ2) is 51.8. The fraction of sp³-hybridized carbons (Fsp3) is 0.557. The molecular formula is C79H126N20O14+6. The Hall–Kier alpha value is -10.7. The zero-order valence-electron chi connectivity index (χ0n) is 64.7. The number of amides is 6. The van der Waals surface area contributed by atoms with Gasteiger partial charge in [-0.05, 0) is 126 Å². The van der Waals surface area contributed by atoms with Crippen LogP contribution >= 0.6 is 0 Å². The van der Waals surface area contributed by atoms with E-state index in [4.69, 9.17) is 22.9 Å². The summed E-state index contributed by atoms with van der Waals surface area (Å²) < 4.78 is 0. The topological polar surface area (TPSA) is 613 Å². The molecule has 34 nitrogen and oxygen atoms in total. The molecule has 0 saturated carbocycles. The van der Waals surface area contributed by atoms with Crippen LogP contribution in [0, 0.1) is 29.6 Å². The third kappa shape index (κ3) is 36.1. The van der Waals surface area contributed by atoms with Gasteiger partial charge >= 0.3 is 17.9 Å². The number of unbranched alkanes of at least 4 members (excludes halogenated alkanes) is 3. The first-order valence-corrected chi connectivity index (χ1v) is 39.0. The van der Waals surface area contributed by atoms with Crippen molar-refractivity contribution < 1.29 is 101 Å². The highest BCUT2D eigenvalue weighted by Crippen LogP contribution is 2.26. The molecule has 11 unspecified atom stereocenters. The molecule has 0 fully saturated rings. The molecule has 0 saturated heterocycles. The highest BCUT2D eigenvalue weighted by molar-refractivity contribution is 5.99. The first kappa shape index (κ1) is 94.7. The molecule has 5 rings (SSSR count). The van der Waals surface area contributed by atoms with Crippen molar-refractivity contribution in [3.63, 3.8) is 0 Å². The van der Waals surface area contributed by atoms with Gasteiger partial charge in [0.1, 0.15) is 11.8 Å². The van der Waals surface area contributed by atoms with Crippen LogP contribution < -0.4 is 87.8 Å². The van der Waals surface area contributed by atoms with Gasteiger partial charge in [-0.25, -0.2) is 9.78 Å². The van der Waals surface area contributed by atoms with Crippen LogP contribution in [0.15, 0.2) is 101 Å². The SMILES string of the molecule is C.CC([NH3+])C(=O)NC(CCCC[NH3+])C(=O)CC(CCC[NH+]=C(N)N)C(=O)NC(CC1=CCC=N1)C(=O)CC(Cc1cnc[nH]1)C(=O)NCC(=O)CC(Cc1ccc(O)cc1)C(=O)NC(CCCC[NH3+])C(=O)CC(CCC[NH+]=C(N)N)C(=O)NC(CCCC[NH3+])C(=O)CC(Cc1ccccc1)C(=O)NC(CC1=CCC=N1)C(=O)O. The van der Waals surface area contributed by atoms with Gasteiger partial charge in [0, 0.05) is 124 Å². The molecule has 1 aromatic heterocycles. The molecule has 34 heteroatoms. The molecule has 113 heavy (non-hydrogen) atoms. The van der Waals surface area contributed by atoms with Crippen molar-refractivity contribution in [2.75, 3.05) is 39.3 Å². The van der Waals surface area contributed by atoms with Crippen molar-refractivity contribution in [3.8, 4) is 5.75 Å². The highest BCUT2D eigenvalue weighted by Gasteiger charge is 2.38. The number of carboxylic acid groups (broad SMARTS) is 1. The Labute approximate surface area is 660 Å². The van der Waals surface area contributed by atoms with Crippen LogP contribution in [0.25, 0.3) is 0 Å². The molecule has 0 bridgehead atoms. The van der Waals surface area contributed by atoms with Gasteiger partial charge in [0.25, 0.3) is 5.91 Å². The van der Waals surface area contributed by atoms with Crippen LogP contribution in [0.3, 0.4) is 0 Å². The summed E-state index contributed by atoms with van der Waals surface area (Å²) in [4.78, 5) is 193. The number of aliphatic imine (C=N–C) groups is 2. The van der Waals surface area contributed by atoms with E-state index in [-0.39, 0.29) is 109 Å². The van der Waals surface area contributed by atoms with E-state index in [0.717, 1.165) is 0 Å². The number of aromatic hydroxyl groups is 1. The zero-order valence-corrected chi connectivity index (χ0v) is 64.7. The van der Waals surface area contributed by atoms with E-state index in [1.54, 1.807) is 74.0 Å². The Kier molecular flexibility index (Phi) is 43.4. The van der Waals surface area contributed by atoms with Gasteiger partial charge in [-0.3, -0.25) is 95.6 Å². The molecule has 31 N–H and O–H groups in total. The summed E-state index contributed by atoms with van der Waals surface area (Å²) in [5, 5.41) is 37.2. The number of nitrogens with one attached hydrogen (secondary N) is 9. The number of allylic oxidation sites excluding steroid dienone is 2. The lowest BCUT2D eigenvalue weighted by Gasteiger charge is -2.26. The smallest absolute Gasteiger partial charge is 0.338 e. The summed E-state index contributed by atoms with van der Waals surface area (Å²) in [6, 6.07) is 8.25. The molecule has 2 aliphatic rings. The number of carboxylic acids is 1. The minimum Gasteiger partial charge on any atom is -0.508 e. The average molecular weight is 1580 g/mol. The number of benzene rings is 2. The number of rotatable bonds is 58. The number of phenols is 1. The molecule has 0 spiro atoms. The van der Waals surface area contributed by atoms with Crippen LogP contribution in [0.5, 0.6) is 5.75 Å². The lowest BCUT2D eigenvalue weighted by atomic mass is 9.88. The van der Waals surface area contributed by atoms with Crippen LogP contribution in [0.4, 0.5) is 0 Å². The van der Waals surface area contributed by atoms with Crippen molar-refractivity contribution in [1.82, 2.24) is 41.9 Å². The Morgan fingerprint density at radius 3 is 1.32 bits per heavy atom. The minimum absolute atomic E-state index is 0. The molecule has 3 heterocycles. The molecule has 11 atom stereocenters. The molecule has 2 aliphatic heterocycles. The van der Waals surface area contributed by atoms with Crippen LogP contribution in [0.1, 0.15) is 172 Å². The molecular weight excluding hydrogens is 1450 g/mol. The number of Topliss-reactive ketones (excluding diaryl/α,β-unsaturated/α-hetero) is 5. The van der Waals surface area contributed by atoms with Crippen LogP contribution in [0.2, 0.25) is 0 Å². The number of hydrogen-bond acceptors (Lipinski definition) is 16. The number of nitrogens with two attached hydrogens (primary N) is 4. The van der Waals surface area contributed by atoms with Gasteiger partial charge in [-0.1, -0.05) is 62.0 Å². The number of hydrogen-bond donors (Lipinski definition) is 19. The highest BCUT2D eigenvalue weighted by atomic mass is 16.4. The Bertz CT molecular complexity index is 3760. The fourth-order valence-electron chi connectivity index (χ4n) is 13.2. The van der Waals surface area contributed by atoms with Gasteiger partial charge in [-0.15, -0.1) is 0 Å². The maximum absolute atomic E-state index is 15.0. The summed E-state index contributed by atoms with van der Waals surface area (Å²) in [7, 11) is 0. The number of ketones is 5. The van der Waals surface area contributed by atoms with Gasteiger partial charge in [0.15, 0.2) is 35.0 Å². The van der Waals surface area contributed by atoms with Crippen molar-refractivity contribution in [2.24, 2.45) is 62.5 Å². The monoisotopic (exact) mass is 1580 g/mol. The lowest BCUT2D eigenvalue weighted by Crippen LogP contribution is -2.78. The van der Waals surface area contributed by atoms with Crippen LogP contribution in [-0.2, 0) is 76.8 Å². The Morgan fingerprint density at radius 2 is 0.894 bits per heavy atom. The predicted molar refractivity (Wildman–Crippen MR) is 423 cm³/mol. The summed E-state index contributed by atoms with van der Waals surface area (Å²) in [6.45, 7) is 3.01. The molecule has 620 valence electrons. The predicted octanol–water partition coefficient (Wildman–Crippen LogP) is -5.09. The van der Waals surface area contributed by atoms with E-state index < -0.39 is 168 Å². The van der Waals surface area contributed by atoms with E-state index in [1.165, 1.54) is 24.7 Å². The largest absolute Gasteiger partial charge is 0.508 e.